The molecule has 0 aliphatic carbocycles. The summed E-state index contributed by atoms with van der Waals surface area (Å²) < 4.78 is 28.3. The molecule has 0 atom stereocenters. The number of carbonyl (C=O) groups excluding carboxylic acids is 1. The van der Waals surface area contributed by atoms with Gasteiger partial charge in [-0.1, -0.05) is 18.2 Å². The number of halogens is 2. The second-order valence-corrected chi connectivity index (χ2v) is 6.74. The van der Waals surface area contributed by atoms with Gasteiger partial charge < -0.3 is 15.6 Å². The van der Waals surface area contributed by atoms with Gasteiger partial charge >= 0.3 is 0 Å². The van der Waals surface area contributed by atoms with E-state index in [0.717, 1.165) is 17.7 Å². The molecule has 2 heterocycles. The van der Waals surface area contributed by atoms with E-state index < -0.39 is 22.9 Å². The minimum absolute atomic E-state index is 0.0584. The van der Waals surface area contributed by atoms with Gasteiger partial charge in [-0.05, 0) is 36.2 Å². The molecule has 0 radical (unpaired) electrons. The van der Waals surface area contributed by atoms with Crippen LogP contribution < -0.4 is 16.2 Å². The van der Waals surface area contributed by atoms with Crippen LogP contribution in [0.5, 0.6) is 0 Å². The lowest BCUT2D eigenvalue weighted by atomic mass is 9.98. The monoisotopic (exact) mass is 394 g/mol. The number of nitrogens with one attached hydrogen (secondary N) is 4. The Labute approximate surface area is 164 Å². The Morgan fingerprint density at radius 3 is 2.55 bits per heavy atom. The van der Waals surface area contributed by atoms with Crippen LogP contribution in [0.1, 0.15) is 22.3 Å². The van der Waals surface area contributed by atoms with Crippen LogP contribution in [0.4, 0.5) is 25.8 Å². The highest BCUT2D eigenvalue weighted by atomic mass is 19.1. The van der Waals surface area contributed by atoms with Gasteiger partial charge in [-0.15, -0.1) is 0 Å². The highest BCUT2D eigenvalue weighted by molar-refractivity contribution is 6.15. The topological polar surface area (TPSA) is 97.8 Å². The van der Waals surface area contributed by atoms with Crippen molar-refractivity contribution in [1.29, 1.82) is 5.41 Å². The molecule has 0 saturated carbocycles. The maximum Gasteiger partial charge on any atom is 0.259 e. The number of aromatic amines is 1. The number of benzene rings is 2. The Bertz CT molecular complexity index is 1210. The Kier molecular flexibility index (Phi) is 4.46. The van der Waals surface area contributed by atoms with Crippen LogP contribution in [-0.2, 0) is 11.2 Å². The molecule has 146 valence electrons. The van der Waals surface area contributed by atoms with Gasteiger partial charge in [0.15, 0.2) is 0 Å². The normalized spacial score (nSPS) is 12.4. The molecule has 1 aliphatic heterocycles. The summed E-state index contributed by atoms with van der Waals surface area (Å²) in [4.78, 5) is 26.7. The highest BCUT2D eigenvalue weighted by Gasteiger charge is 2.22. The van der Waals surface area contributed by atoms with Crippen molar-refractivity contribution < 1.29 is 13.6 Å². The maximum absolute atomic E-state index is 14.1. The summed E-state index contributed by atoms with van der Waals surface area (Å²) in [5.41, 5.74) is 1.22. The van der Waals surface area contributed by atoms with E-state index in [9.17, 15) is 18.4 Å². The summed E-state index contributed by atoms with van der Waals surface area (Å²) in [6.45, 7) is 1.65. The SMILES string of the molecule is Cc1c[nH]c(=O)c(C(=N)c2ccc3c(c2)NC(=O)C3)c1Nc1c(F)cccc1F. The molecule has 8 heteroatoms. The van der Waals surface area contributed by atoms with Crippen molar-refractivity contribution in [1.82, 2.24) is 4.98 Å². The fraction of sp³-hybridized carbons (Fsp3) is 0.0952. The molecule has 6 nitrogen and oxygen atoms in total. The Balaban J connectivity index is 1.81. The van der Waals surface area contributed by atoms with Crippen LogP contribution >= 0.6 is 0 Å². The van der Waals surface area contributed by atoms with Crippen molar-refractivity contribution in [2.24, 2.45) is 0 Å². The summed E-state index contributed by atoms with van der Waals surface area (Å²) in [5, 5.41) is 13.9. The highest BCUT2D eigenvalue weighted by Crippen LogP contribution is 2.29. The zero-order chi connectivity index (χ0) is 20.7. The van der Waals surface area contributed by atoms with Gasteiger partial charge in [0.2, 0.25) is 5.91 Å². The Morgan fingerprint density at radius 1 is 1.10 bits per heavy atom. The van der Waals surface area contributed by atoms with Crippen LogP contribution in [0.3, 0.4) is 0 Å². The second kappa shape index (κ2) is 6.97. The molecule has 1 aliphatic rings. The van der Waals surface area contributed by atoms with E-state index in [1.807, 2.05) is 0 Å². The van der Waals surface area contributed by atoms with Crippen molar-refractivity contribution in [3.63, 3.8) is 0 Å². The van der Waals surface area contributed by atoms with Crippen molar-refractivity contribution in [2.45, 2.75) is 13.3 Å². The average Bonchev–Trinajstić information content (AvgIpc) is 3.06. The maximum atomic E-state index is 14.1. The summed E-state index contributed by atoms with van der Waals surface area (Å²) in [5.74, 6) is -1.78. The summed E-state index contributed by atoms with van der Waals surface area (Å²) in [6.07, 6.45) is 1.66. The van der Waals surface area contributed by atoms with Gasteiger partial charge in [0.25, 0.3) is 5.56 Å². The molecule has 0 fully saturated rings. The summed E-state index contributed by atoms with van der Waals surface area (Å²) in [6, 6.07) is 8.39. The fourth-order valence-corrected chi connectivity index (χ4v) is 3.28. The van der Waals surface area contributed by atoms with E-state index in [2.05, 4.69) is 15.6 Å². The molecule has 4 N–H and O–H groups in total. The number of aryl methyl sites for hydroxylation is 1. The Morgan fingerprint density at radius 2 is 1.83 bits per heavy atom. The first kappa shape index (κ1) is 18.5. The van der Waals surface area contributed by atoms with Gasteiger partial charge in [0.1, 0.15) is 17.3 Å². The third-order valence-corrected chi connectivity index (χ3v) is 4.78. The number of aromatic nitrogens is 1. The lowest BCUT2D eigenvalue weighted by Crippen LogP contribution is -2.22. The van der Waals surface area contributed by atoms with E-state index in [-0.39, 0.29) is 29.3 Å². The lowest BCUT2D eigenvalue weighted by Gasteiger charge is -2.16. The molecule has 0 bridgehead atoms. The zero-order valence-electron chi connectivity index (χ0n) is 15.3. The van der Waals surface area contributed by atoms with E-state index >= 15 is 0 Å². The average molecular weight is 394 g/mol. The zero-order valence-corrected chi connectivity index (χ0v) is 15.3. The first-order valence-electron chi connectivity index (χ1n) is 8.80. The third-order valence-electron chi connectivity index (χ3n) is 4.78. The van der Waals surface area contributed by atoms with E-state index in [0.29, 0.717) is 16.8 Å². The molecule has 0 spiro atoms. The molecule has 2 aromatic carbocycles. The van der Waals surface area contributed by atoms with Crippen LogP contribution in [-0.4, -0.2) is 16.6 Å². The number of fused-ring (bicyclic) bond motifs is 1. The summed E-state index contributed by atoms with van der Waals surface area (Å²) in [7, 11) is 0. The van der Waals surface area contributed by atoms with Gasteiger partial charge in [-0.3, -0.25) is 15.0 Å². The number of rotatable bonds is 4. The van der Waals surface area contributed by atoms with Crippen LogP contribution in [0.2, 0.25) is 0 Å². The number of hydrogen-bond donors (Lipinski definition) is 4. The number of para-hydroxylation sites is 1. The molecule has 1 amide bonds. The number of carbonyl (C=O) groups is 1. The molecule has 1 aromatic heterocycles. The molecule has 3 aromatic rings. The molecule has 29 heavy (non-hydrogen) atoms. The fourth-order valence-electron chi connectivity index (χ4n) is 3.28. The van der Waals surface area contributed by atoms with E-state index in [1.54, 1.807) is 25.1 Å². The number of H-pyrrole nitrogens is 1. The quantitative estimate of drug-likeness (QED) is 0.509. The largest absolute Gasteiger partial charge is 0.350 e. The predicted octanol–water partition coefficient (Wildman–Crippen LogP) is 3.62. The number of amides is 1. The first-order valence-corrected chi connectivity index (χ1v) is 8.80. The second-order valence-electron chi connectivity index (χ2n) is 6.74. The Hall–Kier alpha value is -3.81. The van der Waals surface area contributed by atoms with E-state index in [4.69, 9.17) is 5.41 Å². The van der Waals surface area contributed by atoms with Crippen molar-refractivity contribution in [3.05, 3.63) is 86.8 Å². The van der Waals surface area contributed by atoms with Gasteiger partial charge in [0.05, 0.1) is 23.4 Å². The van der Waals surface area contributed by atoms with Crippen LogP contribution in [0.15, 0.2) is 47.4 Å². The summed E-state index contributed by atoms with van der Waals surface area (Å²) >= 11 is 0. The molecular weight excluding hydrogens is 378 g/mol. The van der Waals surface area contributed by atoms with Gasteiger partial charge in [0, 0.05) is 17.4 Å². The van der Waals surface area contributed by atoms with Gasteiger partial charge in [-0.2, -0.15) is 0 Å². The van der Waals surface area contributed by atoms with Crippen LogP contribution in [0, 0.1) is 24.0 Å². The minimum Gasteiger partial charge on any atom is -0.350 e. The molecule has 0 saturated heterocycles. The van der Waals surface area contributed by atoms with Crippen molar-refractivity contribution in [2.75, 3.05) is 10.6 Å². The minimum atomic E-state index is -0.817. The van der Waals surface area contributed by atoms with Crippen molar-refractivity contribution >= 4 is 28.7 Å². The number of hydrogen-bond acceptors (Lipinski definition) is 4. The molecular formula is C21H16F2N4O2. The van der Waals surface area contributed by atoms with E-state index in [1.165, 1.54) is 12.3 Å². The number of anilines is 3. The molecule has 4 rings (SSSR count). The van der Waals surface area contributed by atoms with Crippen molar-refractivity contribution in [3.8, 4) is 0 Å². The van der Waals surface area contributed by atoms with Gasteiger partial charge in [-0.25, -0.2) is 8.78 Å². The third kappa shape index (κ3) is 3.29. The standard InChI is InChI=1S/C21H16F2N4O2/c1-10-9-25-21(29)17(19(10)27-20-13(22)3-2-4-14(20)23)18(24)12-6-5-11-8-16(28)26-15(11)7-12/h2-7,9,24H,8H2,1H3,(H,26,28)(H2,25,27,29). The molecule has 0 unspecified atom stereocenters. The number of pyridine rings is 1. The smallest absolute Gasteiger partial charge is 0.259 e. The predicted molar refractivity (Wildman–Crippen MR) is 106 cm³/mol. The van der Waals surface area contributed by atoms with Crippen LogP contribution in [0.25, 0.3) is 0 Å². The lowest BCUT2D eigenvalue weighted by molar-refractivity contribution is -0.115. The first-order chi connectivity index (χ1) is 13.8.